The monoisotopic (exact) mass is 564 g/mol. The van der Waals surface area contributed by atoms with Gasteiger partial charge in [-0.15, -0.1) is 0 Å². The Hall–Kier alpha value is -3.57. The fourth-order valence-electron chi connectivity index (χ4n) is 3.59. The molecule has 1 aliphatic carbocycles. The van der Waals surface area contributed by atoms with Crippen molar-refractivity contribution in [3.05, 3.63) is 82.5 Å². The molecule has 1 unspecified atom stereocenters. The lowest BCUT2D eigenvalue weighted by atomic mass is 10.1. The molecule has 0 bridgehead atoms. The smallest absolute Gasteiger partial charge is 0.311 e. The van der Waals surface area contributed by atoms with Crippen LogP contribution in [0.5, 0.6) is 5.75 Å². The van der Waals surface area contributed by atoms with Crippen molar-refractivity contribution in [2.75, 3.05) is 11.9 Å². The van der Waals surface area contributed by atoms with E-state index in [0.29, 0.717) is 18.9 Å². The topological polar surface area (TPSA) is 112 Å². The van der Waals surface area contributed by atoms with Crippen LogP contribution in [0.1, 0.15) is 37.1 Å². The van der Waals surface area contributed by atoms with Gasteiger partial charge in [0.25, 0.3) is 5.91 Å². The predicted octanol–water partition coefficient (Wildman–Crippen LogP) is 4.81. The number of aromatic nitrogens is 1. The maximum absolute atomic E-state index is 14.4. The van der Waals surface area contributed by atoms with Crippen molar-refractivity contribution in [1.29, 1.82) is 0 Å². The summed E-state index contributed by atoms with van der Waals surface area (Å²) in [4.78, 5) is 29.5. The van der Waals surface area contributed by atoms with Gasteiger partial charge in [-0.1, -0.05) is 23.7 Å². The first kappa shape index (κ1) is 27.5. The van der Waals surface area contributed by atoms with Gasteiger partial charge in [0.1, 0.15) is 11.6 Å². The summed E-state index contributed by atoms with van der Waals surface area (Å²) in [6.07, 6.45) is -0.518. The molecule has 1 saturated carbocycles. The second-order valence-electron chi connectivity index (χ2n) is 8.48. The third-order valence-electron chi connectivity index (χ3n) is 5.64. The van der Waals surface area contributed by atoms with Crippen molar-refractivity contribution in [3.8, 4) is 5.75 Å². The quantitative estimate of drug-likeness (QED) is 0.352. The van der Waals surface area contributed by atoms with E-state index in [1.54, 1.807) is 6.92 Å². The van der Waals surface area contributed by atoms with Crippen LogP contribution >= 0.6 is 11.6 Å². The Kier molecular flexibility index (Phi) is 8.27. The molecule has 4 rings (SSSR count). The number of nitrogens with one attached hydrogen (secondary N) is 1. The Bertz CT molecular complexity index is 1460. The molecular formula is C26H23ClF2N2O6S. The average Bonchev–Trinajstić information content (AvgIpc) is 3.72. The van der Waals surface area contributed by atoms with Gasteiger partial charge < -0.3 is 14.8 Å². The third-order valence-corrected chi connectivity index (χ3v) is 8.26. The molecule has 200 valence electrons. The van der Waals surface area contributed by atoms with Crippen LogP contribution in [0.15, 0.2) is 59.5 Å². The minimum absolute atomic E-state index is 0.0276. The number of esters is 1. The average molecular weight is 565 g/mol. The van der Waals surface area contributed by atoms with Gasteiger partial charge in [-0.2, -0.15) is 0 Å². The first-order chi connectivity index (χ1) is 18.1. The van der Waals surface area contributed by atoms with E-state index >= 15 is 0 Å². The number of hydrogen-bond donors (Lipinski definition) is 1. The normalized spacial score (nSPS) is 14.0. The Morgan fingerprint density at radius 2 is 1.82 bits per heavy atom. The van der Waals surface area contributed by atoms with Gasteiger partial charge in [-0.05, 0) is 56.2 Å². The molecule has 8 nitrogen and oxygen atoms in total. The molecule has 0 radical (unpaired) electrons. The lowest BCUT2D eigenvalue weighted by Gasteiger charge is -2.20. The van der Waals surface area contributed by atoms with Gasteiger partial charge in [0.2, 0.25) is 6.10 Å². The highest BCUT2D eigenvalue weighted by molar-refractivity contribution is 7.92. The number of carbonyl (C=O) groups excluding carboxylic acids is 2. The standard InChI is InChI=1S/C26H23ClF2N2O6S/c1-2-36-24(32)14-21-19(27)10-12-23(30-21)31-26(33)25(37-22-11-5-16(28)13-20(22)29)15-3-6-17(7-4-15)38(34,35)18-8-9-18/h3-7,10-13,18,25H,2,8-9,14H2,1H3,(H,30,31,33). The number of rotatable bonds is 10. The molecule has 1 amide bonds. The Morgan fingerprint density at radius 1 is 1.11 bits per heavy atom. The summed E-state index contributed by atoms with van der Waals surface area (Å²) in [5.74, 6) is -3.57. The van der Waals surface area contributed by atoms with Crippen molar-refractivity contribution >= 4 is 39.1 Å². The molecule has 1 aromatic heterocycles. The van der Waals surface area contributed by atoms with Gasteiger partial charge in [0, 0.05) is 11.6 Å². The van der Waals surface area contributed by atoms with E-state index < -0.39 is 50.5 Å². The highest BCUT2D eigenvalue weighted by atomic mass is 35.5. The molecule has 2 aromatic carbocycles. The number of carbonyl (C=O) groups is 2. The summed E-state index contributed by atoms with van der Waals surface area (Å²) in [6.45, 7) is 1.83. The number of sulfone groups is 1. The van der Waals surface area contributed by atoms with Crippen LogP contribution in [-0.2, 0) is 30.6 Å². The van der Waals surface area contributed by atoms with Gasteiger partial charge in [-0.3, -0.25) is 9.59 Å². The molecule has 1 aliphatic rings. The van der Waals surface area contributed by atoms with E-state index in [-0.39, 0.29) is 40.0 Å². The summed E-state index contributed by atoms with van der Waals surface area (Å²) in [6, 6.07) is 10.9. The number of benzene rings is 2. The van der Waals surface area contributed by atoms with Crippen LogP contribution in [0.25, 0.3) is 0 Å². The minimum atomic E-state index is -3.47. The van der Waals surface area contributed by atoms with E-state index in [0.717, 1.165) is 12.1 Å². The Morgan fingerprint density at radius 3 is 2.45 bits per heavy atom. The van der Waals surface area contributed by atoms with E-state index in [4.69, 9.17) is 21.1 Å². The molecule has 0 saturated heterocycles. The van der Waals surface area contributed by atoms with Crippen molar-refractivity contribution < 1.29 is 36.3 Å². The highest BCUT2D eigenvalue weighted by Crippen LogP contribution is 2.34. The summed E-state index contributed by atoms with van der Waals surface area (Å²) in [5.41, 5.74) is 0.376. The SMILES string of the molecule is CCOC(=O)Cc1nc(NC(=O)C(Oc2ccc(F)cc2F)c2ccc(S(=O)(=O)C3CC3)cc2)ccc1Cl. The maximum Gasteiger partial charge on any atom is 0.311 e. The molecule has 1 heterocycles. The predicted molar refractivity (Wildman–Crippen MR) is 135 cm³/mol. The highest BCUT2D eigenvalue weighted by Gasteiger charge is 2.37. The first-order valence-electron chi connectivity index (χ1n) is 11.7. The molecule has 1 fully saturated rings. The van der Waals surface area contributed by atoms with E-state index in [1.807, 2.05) is 0 Å². The molecular weight excluding hydrogens is 542 g/mol. The summed E-state index contributed by atoms with van der Waals surface area (Å²) >= 11 is 6.12. The molecule has 3 aromatic rings. The number of nitrogens with zero attached hydrogens (tertiary/aromatic N) is 1. The molecule has 0 spiro atoms. The van der Waals surface area contributed by atoms with Gasteiger partial charge in [0.05, 0.1) is 33.9 Å². The van der Waals surface area contributed by atoms with E-state index in [2.05, 4.69) is 10.3 Å². The molecule has 38 heavy (non-hydrogen) atoms. The second kappa shape index (κ2) is 11.4. The summed E-state index contributed by atoms with van der Waals surface area (Å²) < 4.78 is 63.4. The van der Waals surface area contributed by atoms with Gasteiger partial charge in [-0.25, -0.2) is 22.2 Å². The lowest BCUT2D eigenvalue weighted by Crippen LogP contribution is -2.26. The fraction of sp³-hybridized carbons (Fsp3) is 0.269. The zero-order valence-corrected chi connectivity index (χ0v) is 21.7. The second-order valence-corrected chi connectivity index (χ2v) is 11.1. The number of ether oxygens (including phenoxy) is 2. The van der Waals surface area contributed by atoms with Crippen molar-refractivity contribution in [1.82, 2.24) is 4.98 Å². The van der Waals surface area contributed by atoms with Crippen molar-refractivity contribution in [2.45, 2.75) is 42.4 Å². The van der Waals surface area contributed by atoms with Crippen molar-refractivity contribution in [2.24, 2.45) is 0 Å². The van der Waals surface area contributed by atoms with Crippen molar-refractivity contribution in [3.63, 3.8) is 0 Å². The number of pyridine rings is 1. The van der Waals surface area contributed by atoms with Gasteiger partial charge >= 0.3 is 5.97 Å². The van der Waals surface area contributed by atoms with Crippen LogP contribution in [0.2, 0.25) is 5.02 Å². The minimum Gasteiger partial charge on any atom is -0.473 e. The Labute approximate surface area is 222 Å². The van der Waals surface area contributed by atoms with E-state index in [9.17, 15) is 26.8 Å². The summed E-state index contributed by atoms with van der Waals surface area (Å²) in [7, 11) is -3.47. The number of amides is 1. The first-order valence-corrected chi connectivity index (χ1v) is 13.6. The van der Waals surface area contributed by atoms with Crippen LogP contribution in [-0.4, -0.2) is 37.1 Å². The zero-order valence-electron chi connectivity index (χ0n) is 20.1. The fourth-order valence-corrected chi connectivity index (χ4v) is 5.42. The molecule has 12 heteroatoms. The van der Waals surface area contributed by atoms with Crippen LogP contribution in [0, 0.1) is 11.6 Å². The lowest BCUT2D eigenvalue weighted by molar-refractivity contribution is -0.142. The maximum atomic E-state index is 14.4. The zero-order chi connectivity index (χ0) is 27.4. The van der Waals surface area contributed by atoms with Crippen LogP contribution in [0.3, 0.4) is 0 Å². The van der Waals surface area contributed by atoms with Crippen LogP contribution in [0.4, 0.5) is 14.6 Å². The van der Waals surface area contributed by atoms with E-state index in [1.165, 1.54) is 36.4 Å². The van der Waals surface area contributed by atoms with Gasteiger partial charge in [0.15, 0.2) is 21.4 Å². The third kappa shape index (κ3) is 6.46. The Balaban J connectivity index is 1.62. The summed E-state index contributed by atoms with van der Waals surface area (Å²) in [5, 5.41) is 2.30. The molecule has 1 atom stereocenters. The van der Waals surface area contributed by atoms with Crippen LogP contribution < -0.4 is 10.1 Å². The number of hydrogen-bond acceptors (Lipinski definition) is 7. The number of anilines is 1. The molecule has 0 aliphatic heterocycles. The molecule has 1 N–H and O–H groups in total. The number of halogens is 3. The largest absolute Gasteiger partial charge is 0.473 e.